The Bertz CT molecular complexity index is 285. The minimum Gasteiger partial charge on any atom is -0.103 e. The van der Waals surface area contributed by atoms with Crippen molar-refractivity contribution in [3.05, 3.63) is 24.8 Å². The fraction of sp³-hybridized carbons (Fsp3) is 0.800. The molecule has 0 bridgehead atoms. The molecule has 0 unspecified atom stereocenters. The van der Waals surface area contributed by atoms with Crippen LogP contribution in [0.25, 0.3) is 0 Å². The molecule has 2 rings (SSSR count). The second-order valence-electron chi connectivity index (χ2n) is 7.21. The lowest BCUT2D eigenvalue weighted by Gasteiger charge is -2.27. The predicted octanol–water partition coefficient (Wildman–Crippen LogP) is 6.53. The standard InChI is InChI=1S/C20H34/c1-3-17-9-13-19(14-10-17)7-5-6-8-20-15-11-18(4-2)12-16-20/h3,5,7,17-20H,1,4,6,8-16H2,2H3. The molecule has 0 saturated heterocycles. The fourth-order valence-electron chi connectivity index (χ4n) is 4.12. The molecule has 0 aromatic carbocycles. The summed E-state index contributed by atoms with van der Waals surface area (Å²) in [6.45, 7) is 6.29. The number of allylic oxidation sites excluding steroid dienone is 3. The van der Waals surface area contributed by atoms with Gasteiger partial charge in [0.05, 0.1) is 0 Å². The van der Waals surface area contributed by atoms with Gasteiger partial charge in [0, 0.05) is 0 Å². The molecule has 20 heavy (non-hydrogen) atoms. The zero-order valence-electron chi connectivity index (χ0n) is 13.5. The second-order valence-corrected chi connectivity index (χ2v) is 7.21. The summed E-state index contributed by atoms with van der Waals surface area (Å²) < 4.78 is 0. The van der Waals surface area contributed by atoms with Gasteiger partial charge in [-0.25, -0.2) is 0 Å². The molecule has 2 saturated carbocycles. The molecular weight excluding hydrogens is 240 g/mol. The first-order valence-electron chi connectivity index (χ1n) is 9.11. The van der Waals surface area contributed by atoms with Crippen LogP contribution in [0.4, 0.5) is 0 Å². The average molecular weight is 274 g/mol. The minimum atomic E-state index is 0.799. The monoisotopic (exact) mass is 274 g/mol. The maximum absolute atomic E-state index is 3.93. The zero-order valence-corrected chi connectivity index (χ0v) is 13.5. The molecule has 2 fully saturated rings. The van der Waals surface area contributed by atoms with Gasteiger partial charge in [-0.3, -0.25) is 0 Å². The lowest BCUT2D eigenvalue weighted by atomic mass is 9.79. The molecule has 0 N–H and O–H groups in total. The Morgan fingerprint density at radius 1 is 0.850 bits per heavy atom. The Balaban J connectivity index is 1.57. The Hall–Kier alpha value is -0.520. The molecule has 0 aliphatic heterocycles. The van der Waals surface area contributed by atoms with E-state index in [1.165, 1.54) is 70.6 Å². The van der Waals surface area contributed by atoms with Crippen molar-refractivity contribution < 1.29 is 0 Å². The summed E-state index contributed by atoms with van der Waals surface area (Å²) in [5.41, 5.74) is 0. The van der Waals surface area contributed by atoms with Crippen LogP contribution < -0.4 is 0 Å². The van der Waals surface area contributed by atoms with E-state index in [0.717, 1.165) is 23.7 Å². The van der Waals surface area contributed by atoms with Crippen LogP contribution in [0.5, 0.6) is 0 Å². The van der Waals surface area contributed by atoms with E-state index in [2.05, 4.69) is 31.7 Å². The first-order valence-corrected chi connectivity index (χ1v) is 9.11. The normalized spacial score (nSPS) is 35.2. The van der Waals surface area contributed by atoms with Crippen LogP contribution in [0.2, 0.25) is 0 Å². The van der Waals surface area contributed by atoms with Crippen molar-refractivity contribution in [3.63, 3.8) is 0 Å². The van der Waals surface area contributed by atoms with Gasteiger partial charge < -0.3 is 0 Å². The molecule has 0 radical (unpaired) electrons. The molecule has 114 valence electrons. The molecule has 0 aromatic rings. The SMILES string of the molecule is C=CC1CCC(C=CCCC2CCC(CC)CC2)CC1. The van der Waals surface area contributed by atoms with Crippen LogP contribution in [0, 0.1) is 23.7 Å². The van der Waals surface area contributed by atoms with E-state index in [1.807, 2.05) is 0 Å². The topological polar surface area (TPSA) is 0 Å². The van der Waals surface area contributed by atoms with Crippen LogP contribution >= 0.6 is 0 Å². The highest BCUT2D eigenvalue weighted by Crippen LogP contribution is 2.33. The quantitative estimate of drug-likeness (QED) is 0.483. The van der Waals surface area contributed by atoms with Crippen molar-refractivity contribution in [2.24, 2.45) is 23.7 Å². The summed E-state index contributed by atoms with van der Waals surface area (Å²) >= 11 is 0. The van der Waals surface area contributed by atoms with Gasteiger partial charge in [0.1, 0.15) is 0 Å². The van der Waals surface area contributed by atoms with E-state index in [9.17, 15) is 0 Å². The molecule has 0 heterocycles. The van der Waals surface area contributed by atoms with Gasteiger partial charge in [0.15, 0.2) is 0 Å². The van der Waals surface area contributed by atoms with E-state index in [-0.39, 0.29) is 0 Å². The average Bonchev–Trinajstić information content (AvgIpc) is 2.53. The molecule has 0 nitrogen and oxygen atoms in total. The van der Waals surface area contributed by atoms with Gasteiger partial charge in [-0.15, -0.1) is 6.58 Å². The molecule has 0 aromatic heterocycles. The van der Waals surface area contributed by atoms with Crippen molar-refractivity contribution >= 4 is 0 Å². The highest BCUT2D eigenvalue weighted by atomic mass is 14.2. The third-order valence-corrected chi connectivity index (χ3v) is 5.84. The summed E-state index contributed by atoms with van der Waals surface area (Å²) in [5, 5.41) is 0. The number of hydrogen-bond donors (Lipinski definition) is 0. The smallest absolute Gasteiger partial charge is 0.0233 e. The summed E-state index contributed by atoms with van der Waals surface area (Å²) in [6, 6.07) is 0. The van der Waals surface area contributed by atoms with E-state index in [1.54, 1.807) is 0 Å². The minimum absolute atomic E-state index is 0.799. The Labute approximate surface area is 126 Å². The van der Waals surface area contributed by atoms with Gasteiger partial charge in [-0.1, -0.05) is 57.3 Å². The van der Waals surface area contributed by atoms with Gasteiger partial charge in [-0.2, -0.15) is 0 Å². The van der Waals surface area contributed by atoms with E-state index >= 15 is 0 Å². The molecule has 0 heteroatoms. The summed E-state index contributed by atoms with van der Waals surface area (Å²) in [7, 11) is 0. The highest BCUT2D eigenvalue weighted by molar-refractivity contribution is 4.94. The van der Waals surface area contributed by atoms with Crippen molar-refractivity contribution in [3.8, 4) is 0 Å². The maximum Gasteiger partial charge on any atom is -0.0233 e. The van der Waals surface area contributed by atoms with Crippen molar-refractivity contribution in [2.45, 2.75) is 77.6 Å². The van der Waals surface area contributed by atoms with Crippen LogP contribution in [-0.4, -0.2) is 0 Å². The van der Waals surface area contributed by atoms with Crippen molar-refractivity contribution in [1.29, 1.82) is 0 Å². The third kappa shape index (κ3) is 5.11. The molecule has 0 spiro atoms. The second kappa shape index (κ2) is 8.70. The highest BCUT2D eigenvalue weighted by Gasteiger charge is 2.19. The summed E-state index contributed by atoms with van der Waals surface area (Å²) in [5.74, 6) is 3.73. The molecule has 0 amide bonds. The van der Waals surface area contributed by atoms with Gasteiger partial charge in [0.25, 0.3) is 0 Å². The molecule has 2 aliphatic rings. The Morgan fingerprint density at radius 2 is 1.45 bits per heavy atom. The summed E-state index contributed by atoms with van der Waals surface area (Å²) in [6.07, 6.45) is 22.8. The zero-order chi connectivity index (χ0) is 14.2. The number of hydrogen-bond acceptors (Lipinski definition) is 0. The Morgan fingerprint density at radius 3 is 2.05 bits per heavy atom. The van der Waals surface area contributed by atoms with Gasteiger partial charge >= 0.3 is 0 Å². The Kier molecular flexibility index (Phi) is 6.90. The van der Waals surface area contributed by atoms with Crippen LogP contribution in [0.1, 0.15) is 77.6 Å². The van der Waals surface area contributed by atoms with Crippen molar-refractivity contribution in [2.75, 3.05) is 0 Å². The van der Waals surface area contributed by atoms with Gasteiger partial charge in [-0.05, 0) is 62.2 Å². The third-order valence-electron chi connectivity index (χ3n) is 5.84. The van der Waals surface area contributed by atoms with Crippen LogP contribution in [0.15, 0.2) is 24.8 Å². The molecule has 0 atom stereocenters. The largest absolute Gasteiger partial charge is 0.103 e. The lowest BCUT2D eigenvalue weighted by Crippen LogP contribution is -2.13. The maximum atomic E-state index is 3.93. The van der Waals surface area contributed by atoms with E-state index in [0.29, 0.717) is 0 Å². The lowest BCUT2D eigenvalue weighted by molar-refractivity contribution is 0.259. The van der Waals surface area contributed by atoms with Crippen molar-refractivity contribution in [1.82, 2.24) is 0 Å². The van der Waals surface area contributed by atoms with Crippen LogP contribution in [-0.2, 0) is 0 Å². The van der Waals surface area contributed by atoms with Crippen LogP contribution in [0.3, 0.4) is 0 Å². The molecular formula is C20H34. The number of rotatable bonds is 6. The van der Waals surface area contributed by atoms with Gasteiger partial charge in [0.2, 0.25) is 0 Å². The first kappa shape index (κ1) is 15.9. The first-order chi connectivity index (χ1) is 9.81. The fourth-order valence-corrected chi connectivity index (χ4v) is 4.12. The predicted molar refractivity (Wildman–Crippen MR) is 89.8 cm³/mol. The van der Waals surface area contributed by atoms with E-state index < -0.39 is 0 Å². The molecule has 2 aliphatic carbocycles. The summed E-state index contributed by atoms with van der Waals surface area (Å²) in [4.78, 5) is 0. The van der Waals surface area contributed by atoms with E-state index in [4.69, 9.17) is 0 Å².